The molecule has 0 saturated carbocycles. The van der Waals surface area contributed by atoms with Crippen LogP contribution in [0, 0.1) is 0 Å². The molecule has 148 valence electrons. The summed E-state index contributed by atoms with van der Waals surface area (Å²) in [6.45, 7) is 7.18. The van der Waals surface area contributed by atoms with Gasteiger partial charge in [0.05, 0.1) is 8.07 Å². The fourth-order valence-electron chi connectivity index (χ4n) is 4.20. The normalized spacial score (nSPS) is 13.2. The van der Waals surface area contributed by atoms with E-state index in [4.69, 9.17) is 4.42 Å². The van der Waals surface area contributed by atoms with Crippen LogP contribution in [-0.4, -0.2) is 8.07 Å². The van der Waals surface area contributed by atoms with Gasteiger partial charge in [-0.1, -0.05) is 97.6 Å². The molecule has 0 radical (unpaired) electrons. The second-order valence-electron chi connectivity index (χ2n) is 9.08. The Balaban J connectivity index is 1.49. The fraction of sp³-hybridized carbons (Fsp3) is 0.143. The van der Waals surface area contributed by atoms with Gasteiger partial charge in [-0.2, -0.15) is 0 Å². The number of rotatable bonds is 4. The van der Waals surface area contributed by atoms with E-state index in [0.717, 1.165) is 23.5 Å². The molecule has 0 saturated heterocycles. The Morgan fingerprint density at radius 3 is 2.13 bits per heavy atom. The highest BCUT2D eigenvalue weighted by Crippen LogP contribution is 2.38. The van der Waals surface area contributed by atoms with Crippen LogP contribution in [0.25, 0.3) is 34.1 Å². The van der Waals surface area contributed by atoms with Crippen molar-refractivity contribution in [1.29, 1.82) is 0 Å². The van der Waals surface area contributed by atoms with Crippen molar-refractivity contribution in [3.63, 3.8) is 0 Å². The molecule has 1 aliphatic carbocycles. The zero-order valence-corrected chi connectivity index (χ0v) is 18.8. The first-order chi connectivity index (χ1) is 14.5. The van der Waals surface area contributed by atoms with Gasteiger partial charge >= 0.3 is 0 Å². The monoisotopic (exact) mass is 406 g/mol. The minimum atomic E-state index is -1.28. The molecule has 1 aliphatic rings. The van der Waals surface area contributed by atoms with Crippen molar-refractivity contribution >= 4 is 24.9 Å². The van der Waals surface area contributed by atoms with Gasteiger partial charge in [0.15, 0.2) is 0 Å². The predicted octanol–water partition coefficient (Wildman–Crippen LogP) is 7.26. The van der Waals surface area contributed by atoms with Crippen molar-refractivity contribution in [3.05, 3.63) is 102 Å². The average molecular weight is 407 g/mol. The molecular weight excluding hydrogens is 380 g/mol. The summed E-state index contributed by atoms with van der Waals surface area (Å²) in [5.41, 5.74) is 7.65. The van der Waals surface area contributed by atoms with E-state index in [9.17, 15) is 0 Å². The lowest BCUT2D eigenvalue weighted by molar-refractivity contribution is 0.566. The molecule has 2 heteroatoms. The molecule has 0 atom stereocenters. The van der Waals surface area contributed by atoms with E-state index in [-0.39, 0.29) is 0 Å². The van der Waals surface area contributed by atoms with Crippen LogP contribution in [0.1, 0.15) is 16.9 Å². The quantitative estimate of drug-likeness (QED) is 0.325. The summed E-state index contributed by atoms with van der Waals surface area (Å²) in [6, 6.07) is 30.3. The van der Waals surface area contributed by atoms with E-state index < -0.39 is 8.07 Å². The molecule has 1 heterocycles. The van der Waals surface area contributed by atoms with Gasteiger partial charge in [-0.25, -0.2) is 0 Å². The topological polar surface area (TPSA) is 13.1 Å². The summed E-state index contributed by atoms with van der Waals surface area (Å²) in [7, 11) is -1.28. The maximum Gasteiger partial charge on any atom is 0.134 e. The van der Waals surface area contributed by atoms with Crippen LogP contribution in [0.4, 0.5) is 0 Å². The second-order valence-corrected chi connectivity index (χ2v) is 14.2. The highest BCUT2D eigenvalue weighted by Gasteiger charge is 2.21. The van der Waals surface area contributed by atoms with Crippen molar-refractivity contribution in [1.82, 2.24) is 0 Å². The van der Waals surface area contributed by atoms with Crippen molar-refractivity contribution in [3.8, 4) is 22.5 Å². The Kier molecular flexibility index (Phi) is 4.60. The number of furan rings is 1. The van der Waals surface area contributed by atoms with Crippen LogP contribution in [0.3, 0.4) is 0 Å². The Hall–Kier alpha value is -3.10. The van der Waals surface area contributed by atoms with Gasteiger partial charge in [0.2, 0.25) is 0 Å². The van der Waals surface area contributed by atoms with E-state index in [1.807, 2.05) is 18.2 Å². The van der Waals surface area contributed by atoms with Crippen LogP contribution in [-0.2, 0) is 6.42 Å². The van der Waals surface area contributed by atoms with Crippen LogP contribution < -0.4 is 5.19 Å². The minimum Gasteiger partial charge on any atom is -0.456 e. The SMILES string of the molecule is C[Si](C)(C)c1ccc(-c2cccc3c2C=C(c2ccc(-c4ccccc4)o2)C3)cc1. The van der Waals surface area contributed by atoms with E-state index in [1.165, 1.54) is 33.0 Å². The van der Waals surface area contributed by atoms with Crippen LogP contribution >= 0.6 is 0 Å². The summed E-state index contributed by atoms with van der Waals surface area (Å²) in [5.74, 6) is 1.88. The Morgan fingerprint density at radius 1 is 0.667 bits per heavy atom. The zero-order valence-electron chi connectivity index (χ0n) is 17.8. The van der Waals surface area contributed by atoms with Crippen molar-refractivity contribution in [2.45, 2.75) is 26.1 Å². The summed E-state index contributed by atoms with van der Waals surface area (Å²) in [5, 5.41) is 1.50. The van der Waals surface area contributed by atoms with Gasteiger partial charge < -0.3 is 4.42 Å². The Labute approximate surface area is 179 Å². The Morgan fingerprint density at radius 2 is 1.40 bits per heavy atom. The number of benzene rings is 3. The van der Waals surface area contributed by atoms with E-state index >= 15 is 0 Å². The van der Waals surface area contributed by atoms with Crippen LogP contribution in [0.5, 0.6) is 0 Å². The molecule has 0 unspecified atom stereocenters. The molecule has 0 N–H and O–H groups in total. The molecule has 0 fully saturated rings. The van der Waals surface area contributed by atoms with Gasteiger partial charge in [-0.3, -0.25) is 0 Å². The zero-order chi connectivity index (χ0) is 20.7. The molecule has 5 rings (SSSR count). The second kappa shape index (κ2) is 7.30. The molecule has 1 nitrogen and oxygen atoms in total. The number of allylic oxidation sites excluding steroid dienone is 1. The molecule has 0 spiro atoms. The highest BCUT2D eigenvalue weighted by molar-refractivity contribution is 6.88. The first kappa shape index (κ1) is 18.9. The van der Waals surface area contributed by atoms with E-state index in [0.29, 0.717) is 0 Å². The minimum absolute atomic E-state index is 0.915. The van der Waals surface area contributed by atoms with Gasteiger partial charge in [0.1, 0.15) is 11.5 Å². The van der Waals surface area contributed by atoms with Crippen LogP contribution in [0.15, 0.2) is 89.3 Å². The number of fused-ring (bicyclic) bond motifs is 1. The first-order valence-corrected chi connectivity index (χ1v) is 14.1. The third kappa shape index (κ3) is 3.48. The molecule has 0 aliphatic heterocycles. The van der Waals surface area contributed by atoms with Crippen molar-refractivity contribution < 1.29 is 4.42 Å². The van der Waals surface area contributed by atoms with Crippen molar-refractivity contribution in [2.75, 3.05) is 0 Å². The maximum absolute atomic E-state index is 6.22. The standard InChI is InChI=1S/C28H26OSi/c1-30(2,3)24-14-12-20(13-15-24)25-11-7-10-22-18-23(19-26(22)25)28-17-16-27(29-28)21-8-5-4-6-9-21/h4-17,19H,18H2,1-3H3. The summed E-state index contributed by atoms with van der Waals surface area (Å²) in [6.07, 6.45) is 3.22. The number of hydrogen-bond acceptors (Lipinski definition) is 1. The predicted molar refractivity (Wildman–Crippen MR) is 131 cm³/mol. The average Bonchev–Trinajstić information content (AvgIpc) is 3.41. The lowest BCUT2D eigenvalue weighted by Gasteiger charge is -2.17. The molecule has 1 aromatic heterocycles. The molecule has 4 aromatic rings. The largest absolute Gasteiger partial charge is 0.456 e. The lowest BCUT2D eigenvalue weighted by atomic mass is 9.97. The highest BCUT2D eigenvalue weighted by atomic mass is 28.3. The third-order valence-corrected chi connectivity index (χ3v) is 8.00. The molecule has 30 heavy (non-hydrogen) atoms. The smallest absolute Gasteiger partial charge is 0.134 e. The van der Waals surface area contributed by atoms with E-state index in [2.05, 4.69) is 92.4 Å². The van der Waals surface area contributed by atoms with Gasteiger partial charge in [-0.15, -0.1) is 0 Å². The van der Waals surface area contributed by atoms with Crippen molar-refractivity contribution in [2.24, 2.45) is 0 Å². The fourth-order valence-corrected chi connectivity index (χ4v) is 5.36. The van der Waals surface area contributed by atoms with Gasteiger partial charge in [0.25, 0.3) is 0 Å². The number of hydrogen-bond donors (Lipinski definition) is 0. The lowest BCUT2D eigenvalue weighted by Crippen LogP contribution is -2.37. The molecule has 3 aromatic carbocycles. The summed E-state index contributed by atoms with van der Waals surface area (Å²) >= 11 is 0. The van der Waals surface area contributed by atoms with Gasteiger partial charge in [-0.05, 0) is 46.0 Å². The molecular formula is C28H26OSi. The molecule has 0 bridgehead atoms. The summed E-state index contributed by atoms with van der Waals surface area (Å²) in [4.78, 5) is 0. The first-order valence-electron chi connectivity index (χ1n) is 10.6. The Bertz CT molecular complexity index is 1220. The molecule has 0 amide bonds. The van der Waals surface area contributed by atoms with Gasteiger partial charge in [0, 0.05) is 12.0 Å². The summed E-state index contributed by atoms with van der Waals surface area (Å²) < 4.78 is 6.22. The van der Waals surface area contributed by atoms with Crippen LogP contribution in [0.2, 0.25) is 19.6 Å². The maximum atomic E-state index is 6.22. The third-order valence-electron chi connectivity index (χ3n) is 5.94. The van der Waals surface area contributed by atoms with E-state index in [1.54, 1.807) is 0 Å².